The minimum absolute atomic E-state index is 0.0154. The summed E-state index contributed by atoms with van der Waals surface area (Å²) < 4.78 is 0. The van der Waals surface area contributed by atoms with Crippen LogP contribution in [0.25, 0.3) is 0 Å². The zero-order valence-electron chi connectivity index (χ0n) is 29.3. The second kappa shape index (κ2) is 13.9. The Kier molecular flexibility index (Phi) is 10.5. The summed E-state index contributed by atoms with van der Waals surface area (Å²) in [6, 6.07) is -2.71. The second-order valence-corrected chi connectivity index (χ2v) is 17.0. The summed E-state index contributed by atoms with van der Waals surface area (Å²) >= 11 is 0. The first-order chi connectivity index (χ1) is 22.1. The van der Waals surface area contributed by atoms with E-state index in [0.717, 1.165) is 57.8 Å². The third-order valence-electron chi connectivity index (χ3n) is 11.9. The van der Waals surface area contributed by atoms with Gasteiger partial charge >= 0.3 is 6.03 Å². The number of piperidine rings is 1. The lowest BCUT2D eigenvalue weighted by Crippen LogP contribution is -2.61. The van der Waals surface area contributed by atoms with Crippen LogP contribution >= 0.6 is 0 Å². The molecule has 6 atom stereocenters. The third kappa shape index (κ3) is 8.07. The van der Waals surface area contributed by atoms with Crippen molar-refractivity contribution in [1.29, 1.82) is 0 Å². The molecule has 0 aromatic carbocycles. The lowest BCUT2D eigenvalue weighted by atomic mass is 9.81. The highest BCUT2D eigenvalue weighted by molar-refractivity contribution is 6.38. The molecular weight excluding hydrogens is 594 g/mol. The van der Waals surface area contributed by atoms with Crippen LogP contribution in [0.1, 0.15) is 118 Å². The van der Waals surface area contributed by atoms with Gasteiger partial charge in [-0.2, -0.15) is 0 Å². The van der Waals surface area contributed by atoms with Crippen LogP contribution < -0.4 is 10.6 Å². The van der Waals surface area contributed by atoms with Crippen molar-refractivity contribution >= 4 is 35.1 Å². The average Bonchev–Trinajstić information content (AvgIpc) is 3.98. The Morgan fingerprint density at radius 2 is 1.60 bits per heavy atom. The summed E-state index contributed by atoms with van der Waals surface area (Å²) in [5.74, 6) is -1.40. The summed E-state index contributed by atoms with van der Waals surface area (Å²) in [6.45, 7) is 14.0. The summed E-state index contributed by atoms with van der Waals surface area (Å²) in [4.78, 5) is 83.1. The molecule has 5 fully saturated rings. The quantitative estimate of drug-likeness (QED) is 0.165. The Hall–Kier alpha value is -2.84. The monoisotopic (exact) mass is 651 g/mol. The van der Waals surface area contributed by atoms with E-state index in [1.165, 1.54) is 0 Å². The van der Waals surface area contributed by atoms with Crippen LogP contribution in [0.3, 0.4) is 0 Å². The Bertz CT molecular complexity index is 1270. The van der Waals surface area contributed by atoms with Crippen molar-refractivity contribution in [3.63, 3.8) is 0 Å². The Balaban J connectivity index is 1.32. The zero-order chi connectivity index (χ0) is 34.3. The fraction of sp³-hybridized carbons (Fsp3) is 0.789. The molecule has 0 radical (unpaired) electrons. The van der Waals surface area contributed by atoms with Crippen molar-refractivity contribution in [3.8, 4) is 0 Å². The molecule has 4 saturated carbocycles. The topological polar surface area (TPSA) is 130 Å². The van der Waals surface area contributed by atoms with Crippen LogP contribution in [0.5, 0.6) is 0 Å². The van der Waals surface area contributed by atoms with Gasteiger partial charge in [0.1, 0.15) is 6.04 Å². The lowest BCUT2D eigenvalue weighted by Gasteiger charge is -2.38. The molecule has 0 spiro atoms. The van der Waals surface area contributed by atoms with Gasteiger partial charge in [0.2, 0.25) is 11.7 Å². The number of Topliss-reactive ketones (excluding diaryl/α,β-unsaturated/α-hetero) is 4. The van der Waals surface area contributed by atoms with Gasteiger partial charge < -0.3 is 15.5 Å². The molecule has 1 unspecified atom stereocenters. The molecule has 0 bridgehead atoms. The molecule has 0 aromatic rings. The van der Waals surface area contributed by atoms with E-state index in [0.29, 0.717) is 25.3 Å². The molecule has 9 nitrogen and oxygen atoms in total. The van der Waals surface area contributed by atoms with Crippen molar-refractivity contribution in [2.24, 2.45) is 46.3 Å². The number of nitrogens with one attached hydrogen (secondary N) is 2. The van der Waals surface area contributed by atoms with Gasteiger partial charge in [0.05, 0.1) is 12.1 Å². The smallest absolute Gasteiger partial charge is 0.316 e. The molecule has 260 valence electrons. The number of likely N-dealkylation sites (tertiary alicyclic amines) is 1. The van der Waals surface area contributed by atoms with E-state index in [-0.39, 0.29) is 59.4 Å². The van der Waals surface area contributed by atoms with E-state index in [2.05, 4.69) is 31.1 Å². The molecule has 2 N–H and O–H groups in total. The van der Waals surface area contributed by atoms with Crippen molar-refractivity contribution < 1.29 is 28.8 Å². The number of fused-ring (bicyclic) bond motifs is 1. The minimum atomic E-state index is -0.925. The maximum atomic E-state index is 14.4. The molecule has 3 amide bonds. The van der Waals surface area contributed by atoms with E-state index in [9.17, 15) is 28.8 Å². The maximum Gasteiger partial charge on any atom is 0.316 e. The molecule has 0 aromatic heterocycles. The number of hydrogen-bond acceptors (Lipinski definition) is 6. The van der Waals surface area contributed by atoms with Gasteiger partial charge in [-0.1, -0.05) is 72.8 Å². The molecule has 47 heavy (non-hydrogen) atoms. The molecule has 4 aliphatic carbocycles. The first-order valence-corrected chi connectivity index (χ1v) is 18.3. The number of allylic oxidation sites excluding steroid dienone is 1. The Morgan fingerprint density at radius 3 is 2.17 bits per heavy atom. The van der Waals surface area contributed by atoms with E-state index in [1.807, 2.05) is 20.8 Å². The normalized spacial score (nSPS) is 27.2. The van der Waals surface area contributed by atoms with Gasteiger partial charge in [-0.3, -0.25) is 24.0 Å². The van der Waals surface area contributed by atoms with Gasteiger partial charge in [-0.25, -0.2) is 4.79 Å². The summed E-state index contributed by atoms with van der Waals surface area (Å²) in [5, 5.41) is 5.94. The van der Waals surface area contributed by atoms with E-state index in [4.69, 9.17) is 0 Å². The van der Waals surface area contributed by atoms with Crippen molar-refractivity contribution in [1.82, 2.24) is 15.5 Å². The minimum Gasteiger partial charge on any atom is -0.330 e. The molecule has 1 aliphatic heterocycles. The zero-order valence-corrected chi connectivity index (χ0v) is 29.3. The number of carbonyl (C=O) groups is 6. The molecule has 1 saturated heterocycles. The number of carbonyl (C=O) groups excluding carboxylic acids is 6. The number of urea groups is 1. The van der Waals surface area contributed by atoms with Crippen LogP contribution in [0, 0.1) is 46.3 Å². The van der Waals surface area contributed by atoms with Crippen LogP contribution in [0.4, 0.5) is 4.79 Å². The number of ketones is 4. The molecule has 1 heterocycles. The number of amides is 3. The van der Waals surface area contributed by atoms with Gasteiger partial charge in [-0.15, -0.1) is 6.58 Å². The summed E-state index contributed by atoms with van der Waals surface area (Å²) in [5.41, 5.74) is -0.793. The van der Waals surface area contributed by atoms with Gasteiger partial charge in [0.25, 0.3) is 0 Å². The van der Waals surface area contributed by atoms with E-state index in [1.54, 1.807) is 11.0 Å². The average molecular weight is 652 g/mol. The van der Waals surface area contributed by atoms with Crippen LogP contribution in [-0.2, 0) is 24.0 Å². The largest absolute Gasteiger partial charge is 0.330 e. The maximum absolute atomic E-state index is 14.4. The highest BCUT2D eigenvalue weighted by Gasteiger charge is 2.69. The fourth-order valence-corrected chi connectivity index (χ4v) is 8.51. The predicted molar refractivity (Wildman–Crippen MR) is 179 cm³/mol. The van der Waals surface area contributed by atoms with Crippen molar-refractivity contribution in [3.05, 3.63) is 12.7 Å². The second-order valence-electron chi connectivity index (χ2n) is 17.0. The number of hydrogen-bond donors (Lipinski definition) is 2. The highest BCUT2D eigenvalue weighted by atomic mass is 16.2. The van der Waals surface area contributed by atoms with Gasteiger partial charge in [0.15, 0.2) is 17.3 Å². The van der Waals surface area contributed by atoms with Crippen LogP contribution in [0.15, 0.2) is 12.7 Å². The van der Waals surface area contributed by atoms with Crippen molar-refractivity contribution in [2.75, 3.05) is 6.54 Å². The number of nitrogens with zero attached hydrogens (tertiary/aromatic N) is 1. The van der Waals surface area contributed by atoms with E-state index < -0.39 is 47.1 Å². The van der Waals surface area contributed by atoms with Crippen LogP contribution in [0.2, 0.25) is 0 Å². The first-order valence-electron chi connectivity index (χ1n) is 18.3. The number of rotatable bonds is 16. The molecular formula is C38H57N3O6. The summed E-state index contributed by atoms with van der Waals surface area (Å²) in [6.07, 6.45) is 11.4. The fourth-order valence-electron chi connectivity index (χ4n) is 8.51. The molecule has 9 heteroatoms. The Morgan fingerprint density at radius 1 is 0.936 bits per heavy atom. The van der Waals surface area contributed by atoms with Gasteiger partial charge in [-0.05, 0) is 73.0 Å². The molecule has 5 rings (SSSR count). The van der Waals surface area contributed by atoms with Gasteiger partial charge in [0, 0.05) is 31.2 Å². The molecule has 5 aliphatic rings. The SMILES string of the molecule is C=CCCC(=O)C(=O)C(CC(=O)[C@@H]1[C@@H]2[C@H](CN1C(=O)[C@@H](NC(=O)N[C@H](C(=O)C1CC1)C1CCCCC1)C(C)(C)C)C2(C)C)CC1CC1. The Labute approximate surface area is 280 Å². The lowest BCUT2D eigenvalue weighted by molar-refractivity contribution is -0.144. The first kappa shape index (κ1) is 35.5. The van der Waals surface area contributed by atoms with Crippen molar-refractivity contribution in [2.45, 2.75) is 136 Å². The van der Waals surface area contributed by atoms with E-state index >= 15 is 0 Å². The standard InChI is InChI=1S/C38H57N3O6/c1-7-8-14-27(42)32(44)25(19-22-15-16-22)20-28(43)31-29-26(38(29,5)6)21-41(31)35(46)34(37(2,3)4)40-36(47)39-30(33(45)24-17-18-24)23-12-10-9-11-13-23/h7,22-26,29-31,34H,1,8-21H2,2-6H3,(H2,39,40,47)/t25?,26-,29-,30-,31+,34+/m0/s1. The predicted octanol–water partition coefficient (Wildman–Crippen LogP) is 5.59. The van der Waals surface area contributed by atoms with Crippen LogP contribution in [-0.4, -0.2) is 64.6 Å². The third-order valence-corrected chi connectivity index (χ3v) is 11.9. The highest BCUT2D eigenvalue weighted by Crippen LogP contribution is 2.65. The summed E-state index contributed by atoms with van der Waals surface area (Å²) in [7, 11) is 0.